The zero-order valence-corrected chi connectivity index (χ0v) is 18.4. The standard InChI is InChI=1S/C25H21F2N3O2S/c26-18-12-13-20(27)22(15-18)28-23(31)16-33-25-29-21-11-5-4-10-19(21)24(32)30(25)14-6-9-17-7-2-1-3-8-17/h1-5,7-8,10-13,15H,6,9,14,16H2,(H,28,31). The first-order valence-corrected chi connectivity index (χ1v) is 11.4. The van der Waals surface area contributed by atoms with Crippen LogP contribution in [0.5, 0.6) is 0 Å². The monoisotopic (exact) mass is 465 g/mol. The van der Waals surface area contributed by atoms with Crippen LogP contribution in [-0.2, 0) is 17.8 Å². The zero-order chi connectivity index (χ0) is 23.2. The second kappa shape index (κ2) is 10.4. The summed E-state index contributed by atoms with van der Waals surface area (Å²) in [4.78, 5) is 30.1. The van der Waals surface area contributed by atoms with Gasteiger partial charge in [-0.3, -0.25) is 14.2 Å². The molecule has 1 heterocycles. The smallest absolute Gasteiger partial charge is 0.262 e. The number of thioether (sulfide) groups is 1. The number of hydrogen-bond acceptors (Lipinski definition) is 4. The molecule has 33 heavy (non-hydrogen) atoms. The quantitative estimate of drug-likeness (QED) is 0.293. The summed E-state index contributed by atoms with van der Waals surface area (Å²) < 4.78 is 28.8. The minimum Gasteiger partial charge on any atom is -0.323 e. The Labute approximate surface area is 193 Å². The predicted octanol–water partition coefficient (Wildman–Crippen LogP) is 5.04. The molecule has 1 amide bonds. The van der Waals surface area contributed by atoms with Gasteiger partial charge in [-0.25, -0.2) is 13.8 Å². The molecule has 0 unspecified atom stereocenters. The van der Waals surface area contributed by atoms with Gasteiger partial charge in [0, 0.05) is 12.6 Å². The third-order valence-electron chi connectivity index (χ3n) is 5.05. The molecule has 0 spiro atoms. The largest absolute Gasteiger partial charge is 0.323 e. The number of fused-ring (bicyclic) bond motifs is 1. The van der Waals surface area contributed by atoms with Crippen molar-refractivity contribution < 1.29 is 13.6 Å². The second-order valence-corrected chi connectivity index (χ2v) is 8.36. The minimum atomic E-state index is -0.726. The van der Waals surface area contributed by atoms with Crippen LogP contribution in [-0.4, -0.2) is 21.2 Å². The first-order chi connectivity index (χ1) is 16.0. The molecule has 4 rings (SSSR count). The van der Waals surface area contributed by atoms with Crippen molar-refractivity contribution in [2.75, 3.05) is 11.1 Å². The predicted molar refractivity (Wildman–Crippen MR) is 126 cm³/mol. The van der Waals surface area contributed by atoms with E-state index >= 15 is 0 Å². The Balaban J connectivity index is 1.52. The van der Waals surface area contributed by atoms with Crippen molar-refractivity contribution in [3.8, 4) is 0 Å². The van der Waals surface area contributed by atoms with E-state index in [0.717, 1.165) is 42.8 Å². The number of aromatic nitrogens is 2. The number of para-hydroxylation sites is 1. The first kappa shape index (κ1) is 22.7. The molecule has 4 aromatic rings. The van der Waals surface area contributed by atoms with Crippen LogP contribution in [0.3, 0.4) is 0 Å². The Morgan fingerprint density at radius 3 is 2.58 bits per heavy atom. The van der Waals surface area contributed by atoms with Gasteiger partial charge < -0.3 is 5.32 Å². The number of halogens is 2. The third kappa shape index (κ3) is 5.64. The number of nitrogens with zero attached hydrogens (tertiary/aromatic N) is 2. The number of carbonyl (C=O) groups is 1. The molecule has 5 nitrogen and oxygen atoms in total. The van der Waals surface area contributed by atoms with Gasteiger partial charge in [0.1, 0.15) is 11.6 Å². The maximum Gasteiger partial charge on any atom is 0.262 e. The fraction of sp³-hybridized carbons (Fsp3) is 0.160. The van der Waals surface area contributed by atoms with Crippen molar-refractivity contribution in [3.05, 3.63) is 100 Å². The third-order valence-corrected chi connectivity index (χ3v) is 6.03. The molecule has 0 radical (unpaired) electrons. The number of nitrogens with one attached hydrogen (secondary N) is 1. The molecule has 168 valence electrons. The molecule has 1 N–H and O–H groups in total. The van der Waals surface area contributed by atoms with Crippen LogP contribution >= 0.6 is 11.8 Å². The van der Waals surface area contributed by atoms with E-state index in [0.29, 0.717) is 22.6 Å². The van der Waals surface area contributed by atoms with E-state index in [9.17, 15) is 18.4 Å². The Morgan fingerprint density at radius 2 is 1.76 bits per heavy atom. The Morgan fingerprint density at radius 1 is 1.00 bits per heavy atom. The number of benzene rings is 3. The minimum absolute atomic E-state index is 0.112. The van der Waals surface area contributed by atoms with Gasteiger partial charge in [-0.2, -0.15) is 0 Å². The topological polar surface area (TPSA) is 64.0 Å². The average molecular weight is 466 g/mol. The van der Waals surface area contributed by atoms with E-state index in [4.69, 9.17) is 0 Å². The molecule has 8 heteroatoms. The summed E-state index contributed by atoms with van der Waals surface area (Å²) in [6, 6.07) is 19.9. The number of rotatable bonds is 8. The summed E-state index contributed by atoms with van der Waals surface area (Å²) in [5, 5.41) is 3.28. The van der Waals surface area contributed by atoms with Gasteiger partial charge in [-0.15, -0.1) is 0 Å². The molecule has 0 bridgehead atoms. The highest BCUT2D eigenvalue weighted by Gasteiger charge is 2.14. The van der Waals surface area contributed by atoms with Crippen molar-refractivity contribution in [3.63, 3.8) is 0 Å². The van der Waals surface area contributed by atoms with Crippen LogP contribution in [0.4, 0.5) is 14.5 Å². The van der Waals surface area contributed by atoms with E-state index < -0.39 is 17.5 Å². The van der Waals surface area contributed by atoms with Gasteiger partial charge in [-0.05, 0) is 42.7 Å². The highest BCUT2D eigenvalue weighted by atomic mass is 32.2. The van der Waals surface area contributed by atoms with Crippen molar-refractivity contribution in [1.82, 2.24) is 9.55 Å². The summed E-state index contributed by atoms with van der Waals surface area (Å²) in [5.41, 5.74) is 1.31. The summed E-state index contributed by atoms with van der Waals surface area (Å²) in [5.74, 6) is -2.01. The molecule has 0 saturated heterocycles. The van der Waals surface area contributed by atoms with E-state index in [1.165, 1.54) is 5.56 Å². The Hall–Kier alpha value is -3.52. The first-order valence-electron chi connectivity index (χ1n) is 10.4. The lowest BCUT2D eigenvalue weighted by Gasteiger charge is -2.13. The summed E-state index contributed by atoms with van der Waals surface area (Å²) in [6.45, 7) is 0.439. The average Bonchev–Trinajstić information content (AvgIpc) is 2.82. The van der Waals surface area contributed by atoms with Crippen molar-refractivity contribution in [2.24, 2.45) is 0 Å². The van der Waals surface area contributed by atoms with Crippen molar-refractivity contribution in [2.45, 2.75) is 24.5 Å². The van der Waals surface area contributed by atoms with Crippen molar-refractivity contribution >= 4 is 34.3 Å². The summed E-state index contributed by atoms with van der Waals surface area (Å²) in [6.07, 6.45) is 1.52. The number of carbonyl (C=O) groups excluding carboxylic acids is 1. The van der Waals surface area contributed by atoms with E-state index in [2.05, 4.69) is 10.3 Å². The number of hydrogen-bond donors (Lipinski definition) is 1. The van der Waals surface area contributed by atoms with Crippen LogP contribution < -0.4 is 10.9 Å². The molecule has 0 atom stereocenters. The van der Waals surface area contributed by atoms with E-state index in [1.807, 2.05) is 30.3 Å². The highest BCUT2D eigenvalue weighted by Crippen LogP contribution is 2.20. The molecule has 1 aromatic heterocycles. The SMILES string of the molecule is O=C(CSc1nc2ccccc2c(=O)n1CCCc1ccccc1)Nc1cc(F)ccc1F. The lowest BCUT2D eigenvalue weighted by molar-refractivity contribution is -0.113. The van der Waals surface area contributed by atoms with Gasteiger partial charge in [0.05, 0.1) is 22.3 Å². The normalized spacial score (nSPS) is 11.0. The molecule has 0 aliphatic rings. The molecule has 0 aliphatic carbocycles. The maximum absolute atomic E-state index is 13.8. The van der Waals surface area contributed by atoms with Crippen LogP contribution in [0.15, 0.2) is 82.7 Å². The fourth-order valence-electron chi connectivity index (χ4n) is 3.45. The van der Waals surface area contributed by atoms with E-state index in [-0.39, 0.29) is 17.0 Å². The molecular weight excluding hydrogens is 444 g/mol. The van der Waals surface area contributed by atoms with Gasteiger partial charge in [0.15, 0.2) is 5.16 Å². The van der Waals surface area contributed by atoms with E-state index in [1.54, 1.807) is 28.8 Å². The van der Waals surface area contributed by atoms with Crippen LogP contribution in [0.1, 0.15) is 12.0 Å². The number of amides is 1. The zero-order valence-electron chi connectivity index (χ0n) is 17.6. The Kier molecular flexibility index (Phi) is 7.14. The molecule has 3 aromatic carbocycles. The molecule has 0 fully saturated rings. The van der Waals surface area contributed by atoms with Gasteiger partial charge in [0.25, 0.3) is 5.56 Å². The second-order valence-electron chi connectivity index (χ2n) is 7.42. The van der Waals surface area contributed by atoms with Crippen LogP contribution in [0.25, 0.3) is 10.9 Å². The lowest BCUT2D eigenvalue weighted by atomic mass is 10.1. The fourth-order valence-corrected chi connectivity index (χ4v) is 4.28. The van der Waals surface area contributed by atoms with Gasteiger partial charge in [-0.1, -0.05) is 54.2 Å². The lowest BCUT2D eigenvalue weighted by Crippen LogP contribution is -2.24. The molecule has 0 saturated carbocycles. The summed E-state index contributed by atoms with van der Waals surface area (Å²) >= 11 is 1.08. The number of aryl methyl sites for hydroxylation is 1. The van der Waals surface area contributed by atoms with Crippen LogP contribution in [0.2, 0.25) is 0 Å². The highest BCUT2D eigenvalue weighted by molar-refractivity contribution is 7.99. The van der Waals surface area contributed by atoms with Gasteiger partial charge >= 0.3 is 0 Å². The molecular formula is C25H21F2N3O2S. The maximum atomic E-state index is 13.8. The van der Waals surface area contributed by atoms with Gasteiger partial charge in [0.2, 0.25) is 5.91 Å². The molecule has 0 aliphatic heterocycles. The number of anilines is 1. The van der Waals surface area contributed by atoms with Crippen molar-refractivity contribution in [1.29, 1.82) is 0 Å². The Bertz CT molecular complexity index is 1340. The van der Waals surface area contributed by atoms with Crippen LogP contribution in [0, 0.1) is 11.6 Å². The summed E-state index contributed by atoms with van der Waals surface area (Å²) in [7, 11) is 0.